The van der Waals surface area contributed by atoms with Crippen LogP contribution < -0.4 is 20.7 Å². The number of hydrogen-bond donors (Lipinski definition) is 3. The minimum atomic E-state index is -1.02. The van der Waals surface area contributed by atoms with Crippen LogP contribution >= 0.6 is 0 Å². The summed E-state index contributed by atoms with van der Waals surface area (Å²) in [6.07, 6.45) is 12.7. The molecular weight excluding hydrogens is 630 g/mol. The molecule has 2 heterocycles. The highest BCUT2D eigenvalue weighted by atomic mass is 16.5. The molecule has 2 saturated carbocycles. The summed E-state index contributed by atoms with van der Waals surface area (Å²) < 4.78 is 8.78. The molecule has 261 valence electrons. The maximum Gasteiger partial charge on any atom is 0.297 e. The van der Waals surface area contributed by atoms with Crippen molar-refractivity contribution in [3.8, 4) is 6.01 Å². The van der Waals surface area contributed by atoms with Crippen molar-refractivity contribution in [2.24, 2.45) is 17.3 Å². The van der Waals surface area contributed by atoms with Gasteiger partial charge in [0.15, 0.2) is 5.78 Å². The first-order chi connectivity index (χ1) is 24.2. The smallest absolute Gasteiger partial charge is 0.297 e. The van der Waals surface area contributed by atoms with Gasteiger partial charge in [-0.1, -0.05) is 80.5 Å². The average molecular weight is 677 g/mol. The van der Waals surface area contributed by atoms with Crippen LogP contribution in [0.2, 0.25) is 0 Å². The van der Waals surface area contributed by atoms with Crippen LogP contribution in [0.1, 0.15) is 70.3 Å². The van der Waals surface area contributed by atoms with Crippen LogP contribution in [-0.4, -0.2) is 57.8 Å². The van der Waals surface area contributed by atoms with E-state index < -0.39 is 29.0 Å². The van der Waals surface area contributed by atoms with Gasteiger partial charge in [0.05, 0.1) is 23.6 Å². The van der Waals surface area contributed by atoms with Crippen molar-refractivity contribution in [3.63, 3.8) is 0 Å². The Labute approximate surface area is 293 Å². The van der Waals surface area contributed by atoms with E-state index in [9.17, 15) is 19.2 Å². The number of para-hydroxylation sites is 2. The zero-order chi connectivity index (χ0) is 34.9. The van der Waals surface area contributed by atoms with Gasteiger partial charge in [-0.25, -0.2) is 0 Å². The highest BCUT2D eigenvalue weighted by Crippen LogP contribution is 2.50. The lowest BCUT2D eigenvalue weighted by atomic mass is 9.74. The van der Waals surface area contributed by atoms with Gasteiger partial charge < -0.3 is 20.7 Å². The number of imidazole rings is 1. The molecule has 1 radical (unpaired) electrons. The minimum Gasteiger partial charge on any atom is -0.461 e. The van der Waals surface area contributed by atoms with Crippen molar-refractivity contribution in [2.75, 3.05) is 7.05 Å². The van der Waals surface area contributed by atoms with E-state index in [1.165, 1.54) is 0 Å². The predicted molar refractivity (Wildman–Crippen MR) is 190 cm³/mol. The Morgan fingerprint density at radius 1 is 1.04 bits per heavy atom. The second kappa shape index (κ2) is 13.9. The number of Topliss-reactive ketones (excluding diaryl/α,β-unsaturated/α-hetero) is 1. The van der Waals surface area contributed by atoms with Crippen LogP contribution in [0.3, 0.4) is 0 Å². The molecule has 50 heavy (non-hydrogen) atoms. The highest BCUT2D eigenvalue weighted by Gasteiger charge is 2.61. The Hall–Kier alpha value is -4.73. The number of nitrogens with one attached hydrogen (secondary N) is 3. The summed E-state index contributed by atoms with van der Waals surface area (Å²) >= 11 is 0. The summed E-state index contributed by atoms with van der Waals surface area (Å²) in [7, 11) is 1.59. The summed E-state index contributed by atoms with van der Waals surface area (Å²) in [5, 5.41) is 8.90. The molecule has 10 heteroatoms. The number of hydrogen-bond acceptors (Lipinski definition) is 6. The molecule has 1 aromatic heterocycles. The molecule has 0 saturated heterocycles. The average Bonchev–Trinajstić information content (AvgIpc) is 4.02. The number of fused-ring (bicyclic) bond motifs is 3. The van der Waals surface area contributed by atoms with Crippen molar-refractivity contribution in [3.05, 3.63) is 90.4 Å². The van der Waals surface area contributed by atoms with E-state index in [1.54, 1.807) is 19.5 Å². The summed E-state index contributed by atoms with van der Waals surface area (Å²) in [5.41, 5.74) is 1.63. The molecule has 3 aromatic rings. The van der Waals surface area contributed by atoms with Gasteiger partial charge in [0.1, 0.15) is 11.6 Å². The number of likely N-dealkylation sites (N-methyl/N-ethyl adjacent to an activating group) is 1. The van der Waals surface area contributed by atoms with Gasteiger partial charge in [0.25, 0.3) is 6.01 Å². The molecule has 3 amide bonds. The summed E-state index contributed by atoms with van der Waals surface area (Å²) in [4.78, 5) is 59.4. The predicted octanol–water partition coefficient (Wildman–Crippen LogP) is 4.98. The number of allylic oxidation sites excluding steroid dienone is 2. The Morgan fingerprint density at radius 2 is 1.82 bits per heavy atom. The van der Waals surface area contributed by atoms with Crippen molar-refractivity contribution >= 4 is 34.5 Å². The molecule has 6 atom stereocenters. The van der Waals surface area contributed by atoms with Crippen LogP contribution in [0.4, 0.5) is 0 Å². The first-order valence-electron chi connectivity index (χ1n) is 17.9. The fraction of sp³-hybridized carbons (Fsp3) is 0.450. The molecule has 3 N–H and O–H groups in total. The van der Waals surface area contributed by atoms with E-state index in [1.807, 2.05) is 49.4 Å². The SMILES string of the molecule is CNC(=O)[C@@]12C[C@H]1/C=C\CCCCC[C@H](NC(=O)C1=C[CH]1)C(=O)CC1(C)C[C@H](Oc3nc4ccccc4n3Cc3ccccc3)C[C@H]1C(=O)N2. The Kier molecular flexibility index (Phi) is 9.37. The van der Waals surface area contributed by atoms with Gasteiger partial charge in [-0.2, -0.15) is 4.98 Å². The largest absolute Gasteiger partial charge is 0.461 e. The number of carbonyl (C=O) groups excluding carboxylic acids is 4. The molecule has 4 aliphatic rings. The molecule has 3 aliphatic carbocycles. The van der Waals surface area contributed by atoms with Crippen LogP contribution in [0.15, 0.2) is 78.4 Å². The lowest BCUT2D eigenvalue weighted by molar-refractivity contribution is -0.135. The van der Waals surface area contributed by atoms with Crippen molar-refractivity contribution in [1.29, 1.82) is 0 Å². The minimum absolute atomic E-state index is 0.0887. The number of amides is 3. The fourth-order valence-electron chi connectivity index (χ4n) is 8.04. The maximum atomic E-state index is 14.4. The van der Waals surface area contributed by atoms with E-state index in [0.29, 0.717) is 43.8 Å². The second-order valence-corrected chi connectivity index (χ2v) is 14.7. The fourth-order valence-corrected chi connectivity index (χ4v) is 8.04. The molecule has 0 bridgehead atoms. The summed E-state index contributed by atoms with van der Waals surface area (Å²) in [5.74, 6) is -1.50. The molecule has 1 unspecified atom stereocenters. The second-order valence-electron chi connectivity index (χ2n) is 14.7. The third-order valence-corrected chi connectivity index (χ3v) is 11.0. The van der Waals surface area contributed by atoms with E-state index in [4.69, 9.17) is 9.72 Å². The maximum absolute atomic E-state index is 14.4. The standard InChI is InChI=1S/C40H46N5O5/c1-39-23-29(50-38-43-31-16-11-12-18-33(31)45(38)25-26-13-7-6-8-14-26)21-30(39)36(48)44-40(37(49)41-2)22-28(40)15-9-4-3-5-10-17-32(34(46)24-39)42-35(47)27-19-20-27/h6-9,11-16,18-20,28-30,32H,3-5,10,17,21-25H2,1-2H3,(H,41,49)(H,42,47)(H,44,48)/b15-9-/t28-,29-,30+,32+,39?,40-/m1/s1. The molecule has 0 spiro atoms. The van der Waals surface area contributed by atoms with Gasteiger partial charge in [-0.3, -0.25) is 23.7 Å². The van der Waals surface area contributed by atoms with Crippen LogP contribution in [0.5, 0.6) is 6.01 Å². The number of nitrogens with zero attached hydrogens (tertiary/aromatic N) is 2. The normalized spacial score (nSPS) is 30.3. The van der Waals surface area contributed by atoms with Gasteiger partial charge in [0, 0.05) is 37.3 Å². The third-order valence-electron chi connectivity index (χ3n) is 11.0. The molecule has 7 rings (SSSR count). The quantitative estimate of drug-likeness (QED) is 0.303. The van der Waals surface area contributed by atoms with Gasteiger partial charge >= 0.3 is 0 Å². The lowest BCUT2D eigenvalue weighted by Gasteiger charge is -2.32. The summed E-state index contributed by atoms with van der Waals surface area (Å²) in [6, 6.07) is 17.8. The lowest BCUT2D eigenvalue weighted by Crippen LogP contribution is -2.53. The highest BCUT2D eigenvalue weighted by molar-refractivity contribution is 6.03. The Bertz CT molecular complexity index is 1850. The number of ketones is 1. The number of benzene rings is 2. The molecule has 2 aromatic carbocycles. The van der Waals surface area contributed by atoms with Crippen LogP contribution in [-0.2, 0) is 25.7 Å². The van der Waals surface area contributed by atoms with Crippen LogP contribution in [0.25, 0.3) is 11.0 Å². The monoisotopic (exact) mass is 676 g/mol. The zero-order valence-electron chi connectivity index (χ0n) is 28.8. The van der Waals surface area contributed by atoms with Gasteiger partial charge in [-0.05, 0) is 61.6 Å². The van der Waals surface area contributed by atoms with Crippen molar-refractivity contribution < 1.29 is 23.9 Å². The number of rotatable bonds is 7. The van der Waals surface area contributed by atoms with Crippen molar-refractivity contribution in [2.45, 2.75) is 88.9 Å². The van der Waals surface area contributed by atoms with Gasteiger partial charge in [0.2, 0.25) is 17.7 Å². The first kappa shape index (κ1) is 33.8. The Balaban J connectivity index is 1.19. The first-order valence-corrected chi connectivity index (χ1v) is 17.9. The molecule has 1 aliphatic heterocycles. The Morgan fingerprint density at radius 3 is 2.60 bits per heavy atom. The molecule has 10 nitrogen and oxygen atoms in total. The zero-order valence-corrected chi connectivity index (χ0v) is 28.8. The van der Waals surface area contributed by atoms with E-state index in [0.717, 1.165) is 42.3 Å². The van der Waals surface area contributed by atoms with E-state index >= 15 is 0 Å². The van der Waals surface area contributed by atoms with Crippen molar-refractivity contribution in [1.82, 2.24) is 25.5 Å². The number of aromatic nitrogens is 2. The molecular formula is C40H46N5O5. The van der Waals surface area contributed by atoms with Gasteiger partial charge in [-0.15, -0.1) is 0 Å². The van der Waals surface area contributed by atoms with Crippen LogP contribution in [0, 0.1) is 23.7 Å². The number of ether oxygens (including phenoxy) is 1. The van der Waals surface area contributed by atoms with E-state index in [-0.39, 0.29) is 35.8 Å². The molecule has 2 fully saturated rings. The van der Waals surface area contributed by atoms with E-state index in [2.05, 4.69) is 44.8 Å². The summed E-state index contributed by atoms with van der Waals surface area (Å²) in [6.45, 7) is 2.53. The third kappa shape index (κ3) is 6.98. The number of carbonyl (C=O) groups is 4. The topological polar surface area (TPSA) is 131 Å².